The SMILES string of the molecule is CCCn1c(N)c(-c2csc(N[C@H](C)COC)n2)c(=O)n(C)c1=O. The van der Waals surface area contributed by atoms with E-state index in [1.807, 2.05) is 13.8 Å². The van der Waals surface area contributed by atoms with Crippen molar-refractivity contribution in [2.75, 3.05) is 24.8 Å². The van der Waals surface area contributed by atoms with Crippen LogP contribution in [0.15, 0.2) is 15.0 Å². The monoisotopic (exact) mass is 353 g/mol. The van der Waals surface area contributed by atoms with Crippen molar-refractivity contribution in [3.05, 3.63) is 26.2 Å². The summed E-state index contributed by atoms with van der Waals surface area (Å²) in [4.78, 5) is 29.1. The highest BCUT2D eigenvalue weighted by atomic mass is 32.1. The minimum atomic E-state index is -0.438. The number of nitrogen functional groups attached to an aromatic ring is 1. The van der Waals surface area contributed by atoms with E-state index in [-0.39, 0.29) is 17.4 Å². The molecular formula is C15H23N5O3S. The highest BCUT2D eigenvalue weighted by molar-refractivity contribution is 7.14. The predicted octanol–water partition coefficient (Wildman–Crippen LogP) is 1.11. The maximum Gasteiger partial charge on any atom is 0.332 e. The Morgan fingerprint density at radius 2 is 2.17 bits per heavy atom. The van der Waals surface area contributed by atoms with Gasteiger partial charge in [0, 0.05) is 32.1 Å². The number of ether oxygens (including phenoxy) is 1. The lowest BCUT2D eigenvalue weighted by atomic mass is 10.2. The van der Waals surface area contributed by atoms with Gasteiger partial charge in [-0.15, -0.1) is 11.3 Å². The molecule has 0 aromatic carbocycles. The van der Waals surface area contributed by atoms with Crippen molar-refractivity contribution in [2.45, 2.75) is 32.9 Å². The molecule has 0 aliphatic carbocycles. The molecule has 2 rings (SSSR count). The number of anilines is 2. The van der Waals surface area contributed by atoms with E-state index in [2.05, 4.69) is 10.3 Å². The smallest absolute Gasteiger partial charge is 0.332 e. The average molecular weight is 353 g/mol. The van der Waals surface area contributed by atoms with Gasteiger partial charge in [0.1, 0.15) is 11.4 Å². The topological polar surface area (TPSA) is 104 Å². The van der Waals surface area contributed by atoms with Crippen LogP contribution in [0, 0.1) is 0 Å². The van der Waals surface area contributed by atoms with E-state index in [0.717, 1.165) is 11.0 Å². The van der Waals surface area contributed by atoms with Crippen LogP contribution >= 0.6 is 11.3 Å². The second kappa shape index (κ2) is 7.63. The molecule has 0 amide bonds. The van der Waals surface area contributed by atoms with Crippen LogP contribution in [-0.2, 0) is 18.3 Å². The first-order valence-electron chi connectivity index (χ1n) is 7.71. The second-order valence-corrected chi connectivity index (χ2v) is 6.46. The Balaban J connectivity index is 2.48. The number of nitrogens with two attached hydrogens (primary N) is 1. The van der Waals surface area contributed by atoms with Gasteiger partial charge in [-0.25, -0.2) is 9.78 Å². The molecule has 0 bridgehead atoms. The quantitative estimate of drug-likeness (QED) is 0.773. The first-order chi connectivity index (χ1) is 11.4. The summed E-state index contributed by atoms with van der Waals surface area (Å²) in [5.74, 6) is 0.159. The van der Waals surface area contributed by atoms with Gasteiger partial charge >= 0.3 is 5.69 Å². The Hall–Kier alpha value is -2.13. The zero-order chi connectivity index (χ0) is 17.9. The van der Waals surface area contributed by atoms with Crippen LogP contribution in [-0.4, -0.2) is 33.9 Å². The van der Waals surface area contributed by atoms with Crippen molar-refractivity contribution in [3.8, 4) is 11.3 Å². The maximum atomic E-state index is 12.5. The molecule has 0 fully saturated rings. The van der Waals surface area contributed by atoms with Crippen molar-refractivity contribution < 1.29 is 4.74 Å². The summed E-state index contributed by atoms with van der Waals surface area (Å²) >= 11 is 1.38. The van der Waals surface area contributed by atoms with E-state index in [1.165, 1.54) is 23.0 Å². The van der Waals surface area contributed by atoms with E-state index in [9.17, 15) is 9.59 Å². The van der Waals surface area contributed by atoms with E-state index in [0.29, 0.717) is 24.0 Å². The van der Waals surface area contributed by atoms with Crippen LogP contribution in [0.5, 0.6) is 0 Å². The predicted molar refractivity (Wildman–Crippen MR) is 96.7 cm³/mol. The number of thiazole rings is 1. The molecule has 0 spiro atoms. The van der Waals surface area contributed by atoms with Crippen molar-refractivity contribution in [2.24, 2.45) is 7.05 Å². The Bertz CT molecular complexity index is 823. The van der Waals surface area contributed by atoms with Gasteiger partial charge in [-0.3, -0.25) is 13.9 Å². The first-order valence-corrected chi connectivity index (χ1v) is 8.59. The number of methoxy groups -OCH3 is 1. The van der Waals surface area contributed by atoms with E-state index < -0.39 is 11.2 Å². The largest absolute Gasteiger partial charge is 0.384 e. The van der Waals surface area contributed by atoms with Gasteiger partial charge in [-0.2, -0.15) is 0 Å². The molecule has 0 radical (unpaired) electrons. The molecule has 1 atom stereocenters. The van der Waals surface area contributed by atoms with Crippen molar-refractivity contribution in [1.82, 2.24) is 14.1 Å². The number of rotatable bonds is 7. The molecule has 2 heterocycles. The molecule has 0 unspecified atom stereocenters. The number of hydrogen-bond acceptors (Lipinski definition) is 7. The standard InChI is InChI=1S/C15H23N5O3S/c1-5-6-20-12(16)11(13(21)19(3)15(20)22)10-8-24-14(18-10)17-9(2)7-23-4/h8-9H,5-7,16H2,1-4H3,(H,17,18)/t9-/m1/s1. The lowest BCUT2D eigenvalue weighted by Crippen LogP contribution is -2.40. The van der Waals surface area contributed by atoms with Gasteiger partial charge < -0.3 is 15.8 Å². The third kappa shape index (κ3) is 3.51. The summed E-state index contributed by atoms with van der Waals surface area (Å²) in [6.07, 6.45) is 0.736. The molecule has 0 aliphatic rings. The van der Waals surface area contributed by atoms with E-state index >= 15 is 0 Å². The summed E-state index contributed by atoms with van der Waals surface area (Å²) in [5.41, 5.74) is 5.98. The molecule has 24 heavy (non-hydrogen) atoms. The zero-order valence-electron chi connectivity index (χ0n) is 14.3. The highest BCUT2D eigenvalue weighted by Crippen LogP contribution is 2.26. The molecule has 2 aromatic heterocycles. The van der Waals surface area contributed by atoms with Crippen molar-refractivity contribution in [1.29, 1.82) is 0 Å². The molecule has 8 nitrogen and oxygen atoms in total. The van der Waals surface area contributed by atoms with Crippen LogP contribution < -0.4 is 22.3 Å². The second-order valence-electron chi connectivity index (χ2n) is 5.60. The van der Waals surface area contributed by atoms with E-state index in [4.69, 9.17) is 10.5 Å². The zero-order valence-corrected chi connectivity index (χ0v) is 15.1. The van der Waals surface area contributed by atoms with Gasteiger partial charge in [0.25, 0.3) is 5.56 Å². The minimum absolute atomic E-state index is 0.0863. The van der Waals surface area contributed by atoms with Gasteiger partial charge in [-0.1, -0.05) is 6.92 Å². The Morgan fingerprint density at radius 1 is 1.46 bits per heavy atom. The summed E-state index contributed by atoms with van der Waals surface area (Å²) in [6, 6.07) is 0.0863. The third-order valence-corrected chi connectivity index (χ3v) is 4.35. The van der Waals surface area contributed by atoms with Crippen LogP contribution in [0.4, 0.5) is 10.9 Å². The molecule has 0 saturated carbocycles. The molecule has 9 heteroatoms. The lowest BCUT2D eigenvalue weighted by molar-refractivity contribution is 0.190. The van der Waals surface area contributed by atoms with Crippen LogP contribution in [0.2, 0.25) is 0 Å². The van der Waals surface area contributed by atoms with Gasteiger partial charge in [-0.05, 0) is 13.3 Å². The Kier molecular flexibility index (Phi) is 5.79. The van der Waals surface area contributed by atoms with Gasteiger partial charge in [0.05, 0.1) is 12.3 Å². The summed E-state index contributed by atoms with van der Waals surface area (Å²) in [5, 5.41) is 5.63. The fourth-order valence-electron chi connectivity index (χ4n) is 2.42. The maximum absolute atomic E-state index is 12.5. The Morgan fingerprint density at radius 3 is 2.79 bits per heavy atom. The lowest BCUT2D eigenvalue weighted by Gasteiger charge is -2.13. The first kappa shape index (κ1) is 18.2. The number of nitrogens with zero attached hydrogens (tertiary/aromatic N) is 3. The highest BCUT2D eigenvalue weighted by Gasteiger charge is 2.19. The number of aromatic nitrogens is 3. The fourth-order valence-corrected chi connectivity index (χ4v) is 3.24. The molecule has 0 aliphatic heterocycles. The summed E-state index contributed by atoms with van der Waals surface area (Å²) < 4.78 is 7.56. The van der Waals surface area contributed by atoms with Crippen LogP contribution in [0.1, 0.15) is 20.3 Å². The van der Waals surface area contributed by atoms with E-state index in [1.54, 1.807) is 12.5 Å². The van der Waals surface area contributed by atoms with Gasteiger partial charge in [0.15, 0.2) is 5.13 Å². The summed E-state index contributed by atoms with van der Waals surface area (Å²) in [7, 11) is 3.08. The average Bonchev–Trinajstić information content (AvgIpc) is 2.98. The third-order valence-electron chi connectivity index (χ3n) is 3.58. The number of nitrogens with one attached hydrogen (secondary N) is 1. The number of hydrogen-bond donors (Lipinski definition) is 2. The fraction of sp³-hybridized carbons (Fsp3) is 0.533. The minimum Gasteiger partial charge on any atom is -0.384 e. The molecule has 3 N–H and O–H groups in total. The molecule has 2 aromatic rings. The molecular weight excluding hydrogens is 330 g/mol. The normalized spacial score (nSPS) is 12.3. The van der Waals surface area contributed by atoms with Gasteiger partial charge in [0.2, 0.25) is 0 Å². The van der Waals surface area contributed by atoms with Crippen LogP contribution in [0.3, 0.4) is 0 Å². The van der Waals surface area contributed by atoms with Crippen molar-refractivity contribution >= 4 is 22.3 Å². The molecule has 132 valence electrons. The molecule has 0 saturated heterocycles. The van der Waals surface area contributed by atoms with Crippen LogP contribution in [0.25, 0.3) is 11.3 Å². The Labute approximate surface area is 143 Å². The van der Waals surface area contributed by atoms with Crippen molar-refractivity contribution in [3.63, 3.8) is 0 Å². The summed E-state index contributed by atoms with van der Waals surface area (Å²) in [6.45, 7) is 4.91.